The number of hydrogen-bond acceptors (Lipinski definition) is 4. The smallest absolute Gasteiger partial charge is 0.191 e. The van der Waals surface area contributed by atoms with Crippen LogP contribution >= 0.6 is 24.0 Å². The molecule has 6 nitrogen and oxygen atoms in total. The van der Waals surface area contributed by atoms with Crippen molar-refractivity contribution in [2.24, 2.45) is 4.99 Å². The van der Waals surface area contributed by atoms with Gasteiger partial charge in [0.25, 0.3) is 0 Å². The van der Waals surface area contributed by atoms with Crippen molar-refractivity contribution in [3.8, 4) is 5.75 Å². The Bertz CT molecular complexity index is 590. The highest BCUT2D eigenvalue weighted by Gasteiger charge is 2.14. The maximum atomic E-state index is 5.93. The van der Waals surface area contributed by atoms with E-state index in [0.717, 1.165) is 56.3 Å². The van der Waals surface area contributed by atoms with E-state index in [4.69, 9.17) is 14.2 Å². The van der Waals surface area contributed by atoms with Crippen LogP contribution in [0.4, 0.5) is 0 Å². The van der Waals surface area contributed by atoms with Crippen molar-refractivity contribution in [2.75, 3.05) is 33.4 Å². The Labute approximate surface area is 186 Å². The zero-order valence-electron chi connectivity index (χ0n) is 17.6. The second kappa shape index (κ2) is 14.0. The highest BCUT2D eigenvalue weighted by atomic mass is 127. The lowest BCUT2D eigenvalue weighted by molar-refractivity contribution is 0.0168. The van der Waals surface area contributed by atoms with Crippen LogP contribution in [-0.2, 0) is 16.0 Å². The third-order valence-corrected chi connectivity index (χ3v) is 4.34. The molecule has 0 radical (unpaired) electrons. The summed E-state index contributed by atoms with van der Waals surface area (Å²) in [6.07, 6.45) is 3.65. The number of nitrogens with zero attached hydrogens (tertiary/aromatic N) is 1. The number of halogens is 1. The summed E-state index contributed by atoms with van der Waals surface area (Å²) in [5.41, 5.74) is 2.32. The lowest BCUT2D eigenvalue weighted by atomic mass is 10.1. The summed E-state index contributed by atoms with van der Waals surface area (Å²) in [6.45, 7) is 9.95. The van der Waals surface area contributed by atoms with Crippen LogP contribution < -0.4 is 15.4 Å². The number of guanidine groups is 1. The van der Waals surface area contributed by atoms with Gasteiger partial charge in [-0.2, -0.15) is 0 Å². The Morgan fingerprint density at radius 3 is 2.82 bits per heavy atom. The van der Waals surface area contributed by atoms with E-state index in [2.05, 4.69) is 40.7 Å². The molecule has 28 heavy (non-hydrogen) atoms. The molecule has 1 saturated heterocycles. The summed E-state index contributed by atoms with van der Waals surface area (Å²) in [6, 6.07) is 6.29. The molecule has 1 aromatic carbocycles. The Morgan fingerprint density at radius 2 is 2.14 bits per heavy atom. The Hall–Kier alpha value is -1.06. The van der Waals surface area contributed by atoms with Crippen molar-refractivity contribution < 1.29 is 14.2 Å². The second-order valence-corrected chi connectivity index (χ2v) is 7.19. The first-order valence-electron chi connectivity index (χ1n) is 9.98. The zero-order valence-corrected chi connectivity index (χ0v) is 20.0. The van der Waals surface area contributed by atoms with Crippen LogP contribution in [0.3, 0.4) is 0 Å². The fourth-order valence-electron chi connectivity index (χ4n) is 2.94. The molecule has 2 N–H and O–H groups in total. The minimum absolute atomic E-state index is 0. The van der Waals surface area contributed by atoms with Crippen LogP contribution in [0.1, 0.15) is 44.2 Å². The normalized spacial score (nSPS) is 16.8. The van der Waals surface area contributed by atoms with Gasteiger partial charge in [-0.05, 0) is 51.7 Å². The van der Waals surface area contributed by atoms with Crippen LogP contribution in [-0.4, -0.2) is 51.6 Å². The van der Waals surface area contributed by atoms with Crippen molar-refractivity contribution in [1.82, 2.24) is 10.6 Å². The first-order valence-corrected chi connectivity index (χ1v) is 9.98. The maximum Gasteiger partial charge on any atom is 0.191 e. The molecule has 0 bridgehead atoms. The average molecular weight is 505 g/mol. The molecular weight excluding hydrogens is 469 g/mol. The fourth-order valence-corrected chi connectivity index (χ4v) is 2.94. The van der Waals surface area contributed by atoms with E-state index in [1.165, 1.54) is 5.56 Å². The first kappa shape index (κ1) is 25.0. The lowest BCUT2D eigenvalue weighted by Crippen LogP contribution is -2.37. The molecule has 1 heterocycles. The van der Waals surface area contributed by atoms with Gasteiger partial charge in [-0.1, -0.05) is 12.1 Å². The monoisotopic (exact) mass is 505 g/mol. The summed E-state index contributed by atoms with van der Waals surface area (Å²) in [5.74, 6) is 1.71. The van der Waals surface area contributed by atoms with Gasteiger partial charge in [-0.15, -0.1) is 24.0 Å². The molecule has 7 heteroatoms. The van der Waals surface area contributed by atoms with Gasteiger partial charge in [0.1, 0.15) is 5.75 Å². The maximum absolute atomic E-state index is 5.93. The van der Waals surface area contributed by atoms with Crippen molar-refractivity contribution in [3.05, 3.63) is 29.3 Å². The number of nitrogens with one attached hydrogen (secondary N) is 2. The number of hydrogen-bond donors (Lipinski definition) is 2. The van der Waals surface area contributed by atoms with Gasteiger partial charge in [-0.3, -0.25) is 4.99 Å². The molecule has 0 saturated carbocycles. The number of ether oxygens (including phenoxy) is 3. The third kappa shape index (κ3) is 9.43. The van der Waals surface area contributed by atoms with E-state index in [9.17, 15) is 0 Å². The minimum atomic E-state index is 0. The summed E-state index contributed by atoms with van der Waals surface area (Å²) < 4.78 is 17.2. The van der Waals surface area contributed by atoms with Crippen molar-refractivity contribution >= 4 is 29.9 Å². The fraction of sp³-hybridized carbons (Fsp3) is 0.667. The first-order chi connectivity index (χ1) is 13.1. The Kier molecular flexibility index (Phi) is 12.5. The summed E-state index contributed by atoms with van der Waals surface area (Å²) in [5, 5.41) is 6.68. The van der Waals surface area contributed by atoms with Crippen molar-refractivity contribution in [2.45, 2.75) is 58.8 Å². The zero-order chi connectivity index (χ0) is 19.5. The van der Waals surface area contributed by atoms with E-state index >= 15 is 0 Å². The van der Waals surface area contributed by atoms with Crippen LogP contribution in [0.15, 0.2) is 23.2 Å². The van der Waals surface area contributed by atoms with Crippen LogP contribution in [0.5, 0.6) is 5.75 Å². The summed E-state index contributed by atoms with van der Waals surface area (Å²) in [4.78, 5) is 4.28. The van der Waals surface area contributed by atoms with Crippen molar-refractivity contribution in [3.63, 3.8) is 0 Å². The van der Waals surface area contributed by atoms with E-state index in [1.54, 1.807) is 7.05 Å². The Morgan fingerprint density at radius 1 is 1.32 bits per heavy atom. The van der Waals surface area contributed by atoms with Gasteiger partial charge in [-0.25, -0.2) is 0 Å². The lowest BCUT2D eigenvalue weighted by Gasteiger charge is -2.17. The highest BCUT2D eigenvalue weighted by Crippen LogP contribution is 2.21. The van der Waals surface area contributed by atoms with E-state index in [-0.39, 0.29) is 30.1 Å². The Balaban J connectivity index is 0.00000392. The molecule has 0 spiro atoms. The number of benzene rings is 1. The predicted octanol–water partition coefficient (Wildman–Crippen LogP) is 3.65. The molecule has 1 fully saturated rings. The van der Waals surface area contributed by atoms with E-state index in [1.807, 2.05) is 13.8 Å². The van der Waals surface area contributed by atoms with E-state index < -0.39 is 0 Å². The van der Waals surface area contributed by atoms with Gasteiger partial charge in [0.15, 0.2) is 5.96 Å². The molecular formula is C21H36IN3O3. The molecule has 2 rings (SSSR count). The molecule has 0 aromatic heterocycles. The molecule has 1 aromatic rings. The highest BCUT2D eigenvalue weighted by molar-refractivity contribution is 14.0. The summed E-state index contributed by atoms with van der Waals surface area (Å²) in [7, 11) is 1.78. The van der Waals surface area contributed by atoms with Crippen LogP contribution in [0.2, 0.25) is 0 Å². The van der Waals surface area contributed by atoms with Gasteiger partial charge < -0.3 is 24.8 Å². The number of aryl methyl sites for hydroxylation is 1. The standard InChI is InChI=1S/C21H35N3O3.HI/c1-16(2)27-20-13-17(3)8-9-18(20)14-24-21(22-4)23-10-6-11-25-15-19-7-5-12-26-19;/h8-9,13,16,19H,5-7,10-12,14-15H2,1-4H3,(H2,22,23,24);1H. The SMILES string of the molecule is CN=C(NCCCOCC1CCCO1)NCc1ccc(C)cc1OC(C)C.I. The van der Waals surface area contributed by atoms with Crippen LogP contribution in [0, 0.1) is 6.92 Å². The molecule has 160 valence electrons. The summed E-state index contributed by atoms with van der Waals surface area (Å²) >= 11 is 0. The molecule has 1 unspecified atom stereocenters. The van der Waals surface area contributed by atoms with E-state index in [0.29, 0.717) is 19.3 Å². The number of rotatable bonds is 10. The third-order valence-electron chi connectivity index (χ3n) is 4.34. The van der Waals surface area contributed by atoms with Crippen LogP contribution in [0.25, 0.3) is 0 Å². The largest absolute Gasteiger partial charge is 0.491 e. The quantitative estimate of drug-likeness (QED) is 0.220. The molecule has 1 aliphatic heterocycles. The van der Waals surface area contributed by atoms with Gasteiger partial charge in [0, 0.05) is 38.9 Å². The average Bonchev–Trinajstić information content (AvgIpc) is 3.14. The predicted molar refractivity (Wildman–Crippen MR) is 125 cm³/mol. The van der Waals surface area contributed by atoms with Gasteiger partial charge in [0.2, 0.25) is 0 Å². The van der Waals surface area contributed by atoms with Gasteiger partial charge in [0.05, 0.1) is 18.8 Å². The number of aliphatic imine (C=N–C) groups is 1. The molecule has 1 atom stereocenters. The molecule has 0 amide bonds. The molecule has 0 aliphatic carbocycles. The second-order valence-electron chi connectivity index (χ2n) is 7.19. The van der Waals surface area contributed by atoms with Gasteiger partial charge >= 0.3 is 0 Å². The topological polar surface area (TPSA) is 64.1 Å². The minimum Gasteiger partial charge on any atom is -0.491 e. The van der Waals surface area contributed by atoms with Crippen molar-refractivity contribution in [1.29, 1.82) is 0 Å². The molecule has 1 aliphatic rings.